The van der Waals surface area contributed by atoms with Crippen molar-refractivity contribution in [2.24, 2.45) is 0 Å². The van der Waals surface area contributed by atoms with Gasteiger partial charge in [-0.05, 0) is 67.0 Å². The van der Waals surface area contributed by atoms with Crippen LogP contribution in [0.4, 0.5) is 0 Å². The normalized spacial score (nSPS) is 13.5. The van der Waals surface area contributed by atoms with Crippen molar-refractivity contribution >= 4 is 0 Å². The fraction of sp³-hybridized carbons (Fsp3) is 0.379. The van der Waals surface area contributed by atoms with E-state index >= 15 is 0 Å². The van der Waals surface area contributed by atoms with Crippen molar-refractivity contribution in [2.45, 2.75) is 65.6 Å². The van der Waals surface area contributed by atoms with Crippen LogP contribution in [0.15, 0.2) is 48.8 Å². The maximum absolute atomic E-state index is 4.61. The Morgan fingerprint density at radius 3 is 2.14 bits per heavy atom. The largest absolute Gasteiger partial charge is 0.341 e. The van der Waals surface area contributed by atoms with Gasteiger partial charge in [0, 0.05) is 11.6 Å². The highest BCUT2D eigenvalue weighted by atomic mass is 15.0. The zero-order valence-corrected chi connectivity index (χ0v) is 21.0. The molecule has 4 aromatic rings. The molecule has 0 bridgehead atoms. The molecule has 2 aromatic carbocycles. The zero-order valence-electron chi connectivity index (χ0n) is 21.0. The Bertz CT molecular complexity index is 1270. The number of aromatic amines is 2. The van der Waals surface area contributed by atoms with E-state index in [2.05, 4.69) is 87.7 Å². The highest BCUT2D eigenvalue weighted by Crippen LogP contribution is 2.40. The zero-order chi connectivity index (χ0) is 24.2. The lowest BCUT2D eigenvalue weighted by atomic mass is 9.79. The first kappa shape index (κ1) is 23.5. The summed E-state index contributed by atoms with van der Waals surface area (Å²) in [5, 5.41) is 6.90. The molecule has 1 aliphatic carbocycles. The molecule has 5 rings (SSSR count). The van der Waals surface area contributed by atoms with Crippen LogP contribution < -0.4 is 10.6 Å². The highest BCUT2D eigenvalue weighted by Gasteiger charge is 2.23. The number of aromatic nitrogens is 4. The minimum Gasteiger partial charge on any atom is -0.341 e. The summed E-state index contributed by atoms with van der Waals surface area (Å²) in [6.07, 6.45) is 8.40. The summed E-state index contributed by atoms with van der Waals surface area (Å²) in [5.41, 5.74) is 10.2. The first-order chi connectivity index (χ1) is 17.2. The van der Waals surface area contributed by atoms with Crippen molar-refractivity contribution in [2.75, 3.05) is 6.54 Å². The lowest BCUT2D eigenvalue weighted by Crippen LogP contribution is -2.24. The van der Waals surface area contributed by atoms with E-state index in [0.29, 0.717) is 6.04 Å². The molecule has 0 aliphatic heterocycles. The van der Waals surface area contributed by atoms with Crippen LogP contribution in [0.3, 0.4) is 0 Å². The van der Waals surface area contributed by atoms with E-state index in [1.165, 1.54) is 27.8 Å². The molecule has 1 aliphatic rings. The molecule has 182 valence electrons. The Morgan fingerprint density at radius 1 is 0.800 bits per heavy atom. The van der Waals surface area contributed by atoms with Crippen molar-refractivity contribution < 1.29 is 0 Å². The molecule has 0 fully saturated rings. The number of hydrogen-bond donors (Lipinski definition) is 4. The van der Waals surface area contributed by atoms with E-state index < -0.39 is 0 Å². The molecule has 6 nitrogen and oxygen atoms in total. The van der Waals surface area contributed by atoms with Crippen LogP contribution in [-0.4, -0.2) is 32.5 Å². The number of nitrogens with one attached hydrogen (secondary N) is 4. The number of nitrogens with zero attached hydrogens (tertiary/aromatic N) is 2. The number of fused-ring (bicyclic) bond motifs is 1. The maximum Gasteiger partial charge on any atom is 0.120 e. The maximum atomic E-state index is 4.61. The molecule has 0 unspecified atom stereocenters. The van der Waals surface area contributed by atoms with E-state index in [4.69, 9.17) is 0 Å². The van der Waals surface area contributed by atoms with Gasteiger partial charge in [0.2, 0.25) is 0 Å². The molecule has 4 N–H and O–H groups in total. The summed E-state index contributed by atoms with van der Waals surface area (Å²) in [6.45, 7) is 9.12. The fourth-order valence-corrected chi connectivity index (χ4v) is 4.68. The predicted molar refractivity (Wildman–Crippen MR) is 143 cm³/mol. The third-order valence-corrected chi connectivity index (χ3v) is 7.06. The van der Waals surface area contributed by atoms with Gasteiger partial charge < -0.3 is 20.6 Å². The topological polar surface area (TPSA) is 81.4 Å². The quantitative estimate of drug-likeness (QED) is 0.215. The molecule has 6 heteroatoms. The number of rotatable bonds is 11. The van der Waals surface area contributed by atoms with Gasteiger partial charge in [0.1, 0.15) is 11.6 Å². The van der Waals surface area contributed by atoms with Gasteiger partial charge in [-0.15, -0.1) is 0 Å². The smallest absolute Gasteiger partial charge is 0.120 e. The molecule has 2 aromatic heterocycles. The summed E-state index contributed by atoms with van der Waals surface area (Å²) in [6, 6.07) is 13.9. The average molecular weight is 469 g/mol. The van der Waals surface area contributed by atoms with Crippen LogP contribution in [0.2, 0.25) is 0 Å². The van der Waals surface area contributed by atoms with Crippen molar-refractivity contribution in [3.8, 4) is 33.6 Å². The number of benzene rings is 2. The van der Waals surface area contributed by atoms with Crippen molar-refractivity contribution in [1.82, 2.24) is 30.6 Å². The third kappa shape index (κ3) is 5.09. The van der Waals surface area contributed by atoms with E-state index in [-0.39, 0.29) is 0 Å². The highest BCUT2D eigenvalue weighted by molar-refractivity contribution is 5.79. The molecule has 0 spiro atoms. The second-order valence-electron chi connectivity index (χ2n) is 9.55. The lowest BCUT2D eigenvalue weighted by Gasteiger charge is -2.26. The molecule has 0 radical (unpaired) electrons. The monoisotopic (exact) mass is 468 g/mol. The SMILES string of the molecule is CCCNCc1ncc(-c2ccc(-c3ccc(-c4cnc(CN[C@@H](C)CC)[nH]4)c4c3CC4)cc2)[nH]1. The molecule has 0 saturated carbocycles. The Labute approximate surface area is 208 Å². The van der Waals surface area contributed by atoms with Gasteiger partial charge in [0.05, 0.1) is 36.9 Å². The van der Waals surface area contributed by atoms with Gasteiger partial charge in [0.15, 0.2) is 0 Å². The molecular formula is C29H36N6. The summed E-state index contributed by atoms with van der Waals surface area (Å²) >= 11 is 0. The minimum atomic E-state index is 0.494. The molecule has 0 amide bonds. The standard InChI is InChI=1S/C29H36N6/c1-4-14-30-17-28-32-15-26(34-28)21-8-6-20(7-9-21)22-10-13-25(24-12-11-23(22)24)27-16-33-29(35-27)18-31-19(3)5-2/h6-10,13,15-16,19,30-31H,4-5,11-12,14,17-18H2,1-3H3,(H,32,34)(H,33,35)/t19-/m0/s1. The van der Waals surface area contributed by atoms with Crippen LogP contribution in [0.25, 0.3) is 33.6 Å². The summed E-state index contributed by atoms with van der Waals surface area (Å²) < 4.78 is 0. The van der Waals surface area contributed by atoms with E-state index in [1.54, 1.807) is 0 Å². The number of imidazole rings is 2. The van der Waals surface area contributed by atoms with Gasteiger partial charge in [-0.2, -0.15) is 0 Å². The molecule has 35 heavy (non-hydrogen) atoms. The summed E-state index contributed by atoms with van der Waals surface area (Å²) in [5.74, 6) is 1.98. The van der Waals surface area contributed by atoms with E-state index in [9.17, 15) is 0 Å². The molecular weight excluding hydrogens is 432 g/mol. The Hall–Kier alpha value is -3.22. The first-order valence-corrected chi connectivity index (χ1v) is 12.9. The Kier molecular flexibility index (Phi) is 7.11. The molecule has 1 atom stereocenters. The summed E-state index contributed by atoms with van der Waals surface area (Å²) in [7, 11) is 0. The summed E-state index contributed by atoms with van der Waals surface area (Å²) in [4.78, 5) is 16.1. The second kappa shape index (κ2) is 10.6. The van der Waals surface area contributed by atoms with Crippen molar-refractivity contribution in [3.05, 3.63) is 71.6 Å². The number of hydrogen-bond acceptors (Lipinski definition) is 4. The second-order valence-corrected chi connectivity index (χ2v) is 9.55. The lowest BCUT2D eigenvalue weighted by molar-refractivity contribution is 0.525. The van der Waals surface area contributed by atoms with Crippen molar-refractivity contribution in [1.29, 1.82) is 0 Å². The van der Waals surface area contributed by atoms with Gasteiger partial charge in [-0.1, -0.05) is 50.2 Å². The van der Waals surface area contributed by atoms with Crippen LogP contribution in [-0.2, 0) is 25.9 Å². The van der Waals surface area contributed by atoms with E-state index in [1.807, 2.05) is 12.4 Å². The van der Waals surface area contributed by atoms with Crippen LogP contribution in [0.1, 0.15) is 56.4 Å². The van der Waals surface area contributed by atoms with Gasteiger partial charge in [-0.3, -0.25) is 0 Å². The van der Waals surface area contributed by atoms with Crippen LogP contribution in [0.5, 0.6) is 0 Å². The van der Waals surface area contributed by atoms with Crippen molar-refractivity contribution in [3.63, 3.8) is 0 Å². The van der Waals surface area contributed by atoms with Gasteiger partial charge in [0.25, 0.3) is 0 Å². The van der Waals surface area contributed by atoms with Crippen LogP contribution in [0, 0.1) is 0 Å². The minimum absolute atomic E-state index is 0.494. The molecule has 0 saturated heterocycles. The van der Waals surface area contributed by atoms with Gasteiger partial charge in [-0.25, -0.2) is 9.97 Å². The fourth-order valence-electron chi connectivity index (χ4n) is 4.68. The molecule has 2 heterocycles. The van der Waals surface area contributed by atoms with E-state index in [0.717, 1.165) is 73.9 Å². The van der Waals surface area contributed by atoms with Gasteiger partial charge >= 0.3 is 0 Å². The number of H-pyrrole nitrogens is 2. The van der Waals surface area contributed by atoms with Crippen LogP contribution >= 0.6 is 0 Å². The Balaban J connectivity index is 1.31. The predicted octanol–water partition coefficient (Wildman–Crippen LogP) is 5.62. The average Bonchev–Trinajstić information content (AvgIpc) is 3.53. The Morgan fingerprint density at radius 2 is 1.43 bits per heavy atom. The first-order valence-electron chi connectivity index (χ1n) is 12.9. The third-order valence-electron chi connectivity index (χ3n) is 7.06.